The second-order valence-electron chi connectivity index (χ2n) is 5.15. The largest absolute Gasteiger partial charge is 0.366 e. The van der Waals surface area contributed by atoms with Gasteiger partial charge in [0.25, 0.3) is 0 Å². The second kappa shape index (κ2) is 5.82. The highest BCUT2D eigenvalue weighted by atomic mass is 16.1. The third-order valence-electron chi connectivity index (χ3n) is 2.91. The number of hydrogen-bond acceptors (Lipinski definition) is 4. The van der Waals surface area contributed by atoms with E-state index in [0.29, 0.717) is 12.1 Å². The minimum Gasteiger partial charge on any atom is -0.366 e. The van der Waals surface area contributed by atoms with E-state index in [1.54, 1.807) is 18.3 Å². The molecular weight excluding hydrogens is 228 g/mol. The van der Waals surface area contributed by atoms with Gasteiger partial charge in [-0.1, -0.05) is 13.8 Å². The predicted molar refractivity (Wildman–Crippen MR) is 73.5 cm³/mol. The van der Waals surface area contributed by atoms with E-state index in [1.165, 1.54) is 0 Å². The maximum absolute atomic E-state index is 11.2. The minimum absolute atomic E-state index is 0.000415. The number of amides is 1. The van der Waals surface area contributed by atoms with Crippen LogP contribution in [0, 0.1) is 5.41 Å². The summed E-state index contributed by atoms with van der Waals surface area (Å²) in [6.07, 6.45) is 1.60. The lowest BCUT2D eigenvalue weighted by molar-refractivity contribution is 0.1000. The van der Waals surface area contributed by atoms with Crippen molar-refractivity contribution in [2.75, 3.05) is 24.5 Å². The molecule has 0 aliphatic rings. The first-order chi connectivity index (χ1) is 8.39. The second-order valence-corrected chi connectivity index (χ2v) is 5.15. The van der Waals surface area contributed by atoms with Crippen LogP contribution in [0.4, 0.5) is 5.82 Å². The maximum Gasteiger partial charge on any atom is 0.248 e. The molecule has 0 saturated heterocycles. The monoisotopic (exact) mass is 250 g/mol. The number of carbonyl (C=O) groups excluding carboxylic acids is 1. The summed E-state index contributed by atoms with van der Waals surface area (Å²) in [6, 6.07) is 3.34. The molecular formula is C13H22N4O. The van der Waals surface area contributed by atoms with Crippen molar-refractivity contribution in [2.24, 2.45) is 16.9 Å². The fraction of sp³-hybridized carbons (Fsp3) is 0.538. The normalized spacial score (nSPS) is 11.3. The average Bonchev–Trinajstić information content (AvgIpc) is 2.36. The van der Waals surface area contributed by atoms with Gasteiger partial charge in [0.15, 0.2) is 0 Å². The summed E-state index contributed by atoms with van der Waals surface area (Å²) in [6.45, 7) is 8.44. The third kappa shape index (κ3) is 3.70. The maximum atomic E-state index is 11.2. The van der Waals surface area contributed by atoms with Crippen LogP contribution in [0.25, 0.3) is 0 Å². The number of aromatic nitrogens is 1. The Morgan fingerprint density at radius 3 is 2.67 bits per heavy atom. The summed E-state index contributed by atoms with van der Waals surface area (Å²) in [5, 5.41) is 0. The van der Waals surface area contributed by atoms with Crippen LogP contribution < -0.4 is 16.4 Å². The molecule has 5 heteroatoms. The number of primary amides is 1. The first-order valence-corrected chi connectivity index (χ1v) is 6.10. The molecule has 0 atom stereocenters. The van der Waals surface area contributed by atoms with Crippen LogP contribution in [-0.4, -0.2) is 30.5 Å². The Bertz CT molecular complexity index is 417. The van der Waals surface area contributed by atoms with E-state index in [0.717, 1.165) is 18.9 Å². The number of nitrogens with zero attached hydrogens (tertiary/aromatic N) is 2. The molecule has 0 radical (unpaired) electrons. The molecule has 18 heavy (non-hydrogen) atoms. The van der Waals surface area contributed by atoms with E-state index < -0.39 is 5.91 Å². The molecule has 0 aromatic carbocycles. The molecule has 0 aliphatic heterocycles. The first kappa shape index (κ1) is 14.4. The Balaban J connectivity index is 2.95. The van der Waals surface area contributed by atoms with E-state index >= 15 is 0 Å². The van der Waals surface area contributed by atoms with Crippen LogP contribution in [0.1, 0.15) is 31.1 Å². The van der Waals surface area contributed by atoms with Crippen molar-refractivity contribution in [1.29, 1.82) is 0 Å². The van der Waals surface area contributed by atoms with Crippen molar-refractivity contribution in [3.8, 4) is 0 Å². The molecule has 0 bridgehead atoms. The lowest BCUT2D eigenvalue weighted by Crippen LogP contribution is -2.39. The molecule has 4 N–H and O–H groups in total. The highest BCUT2D eigenvalue weighted by molar-refractivity contribution is 5.93. The summed E-state index contributed by atoms with van der Waals surface area (Å²) < 4.78 is 0. The number of nitrogens with two attached hydrogens (primary N) is 2. The molecule has 1 amide bonds. The van der Waals surface area contributed by atoms with Gasteiger partial charge in [-0.15, -0.1) is 0 Å². The van der Waals surface area contributed by atoms with E-state index in [-0.39, 0.29) is 5.41 Å². The SMILES string of the molecule is CCN(CC(C)(C)CN)c1cc(C(N)=O)ccn1. The van der Waals surface area contributed by atoms with Crippen molar-refractivity contribution in [3.05, 3.63) is 23.9 Å². The number of anilines is 1. The van der Waals surface area contributed by atoms with Crippen LogP contribution in [0.3, 0.4) is 0 Å². The summed E-state index contributed by atoms with van der Waals surface area (Å²) in [4.78, 5) is 17.5. The Hall–Kier alpha value is -1.62. The van der Waals surface area contributed by atoms with Gasteiger partial charge in [0, 0.05) is 24.8 Å². The number of hydrogen-bond donors (Lipinski definition) is 2. The molecule has 0 saturated carbocycles. The zero-order valence-corrected chi connectivity index (χ0v) is 11.3. The summed E-state index contributed by atoms with van der Waals surface area (Å²) >= 11 is 0. The van der Waals surface area contributed by atoms with Gasteiger partial charge in [-0.05, 0) is 31.0 Å². The third-order valence-corrected chi connectivity index (χ3v) is 2.91. The van der Waals surface area contributed by atoms with Crippen molar-refractivity contribution in [3.63, 3.8) is 0 Å². The average molecular weight is 250 g/mol. The van der Waals surface area contributed by atoms with Gasteiger partial charge < -0.3 is 16.4 Å². The molecule has 100 valence electrons. The van der Waals surface area contributed by atoms with Crippen LogP contribution in [0.5, 0.6) is 0 Å². The molecule has 5 nitrogen and oxygen atoms in total. The minimum atomic E-state index is -0.437. The van der Waals surface area contributed by atoms with E-state index in [2.05, 4.69) is 23.7 Å². The number of rotatable bonds is 6. The standard InChI is InChI=1S/C13H22N4O/c1-4-17(9-13(2,3)8-14)11-7-10(12(15)18)5-6-16-11/h5-7H,4,8-9,14H2,1-3H3,(H2,15,18). The quantitative estimate of drug-likeness (QED) is 0.788. The zero-order chi connectivity index (χ0) is 13.8. The smallest absolute Gasteiger partial charge is 0.248 e. The lowest BCUT2D eigenvalue weighted by Gasteiger charge is -2.32. The Labute approximate surface area is 108 Å². The molecule has 1 aromatic rings. The van der Waals surface area contributed by atoms with Gasteiger partial charge in [0.05, 0.1) is 0 Å². The van der Waals surface area contributed by atoms with E-state index in [4.69, 9.17) is 11.5 Å². The Morgan fingerprint density at radius 1 is 1.50 bits per heavy atom. The van der Waals surface area contributed by atoms with Gasteiger partial charge in [-0.2, -0.15) is 0 Å². The highest BCUT2D eigenvalue weighted by Gasteiger charge is 2.20. The predicted octanol–water partition coefficient (Wildman–Crippen LogP) is 0.992. The lowest BCUT2D eigenvalue weighted by atomic mass is 9.93. The van der Waals surface area contributed by atoms with Crippen LogP contribution >= 0.6 is 0 Å². The fourth-order valence-electron chi connectivity index (χ4n) is 1.68. The molecule has 0 fully saturated rings. The van der Waals surface area contributed by atoms with Gasteiger partial charge in [-0.3, -0.25) is 4.79 Å². The van der Waals surface area contributed by atoms with Crippen LogP contribution in [0.15, 0.2) is 18.3 Å². The molecule has 0 spiro atoms. The summed E-state index contributed by atoms with van der Waals surface area (Å²) in [5.74, 6) is 0.322. The van der Waals surface area contributed by atoms with Crippen LogP contribution in [0.2, 0.25) is 0 Å². The van der Waals surface area contributed by atoms with Crippen molar-refractivity contribution in [2.45, 2.75) is 20.8 Å². The molecule has 1 rings (SSSR count). The number of pyridine rings is 1. The van der Waals surface area contributed by atoms with Gasteiger partial charge in [-0.25, -0.2) is 4.98 Å². The Morgan fingerprint density at radius 2 is 2.17 bits per heavy atom. The first-order valence-electron chi connectivity index (χ1n) is 6.10. The van der Waals surface area contributed by atoms with Crippen molar-refractivity contribution in [1.82, 2.24) is 4.98 Å². The fourth-order valence-corrected chi connectivity index (χ4v) is 1.68. The van der Waals surface area contributed by atoms with Gasteiger partial charge in [0.1, 0.15) is 5.82 Å². The molecule has 0 unspecified atom stereocenters. The van der Waals surface area contributed by atoms with E-state index in [9.17, 15) is 4.79 Å². The summed E-state index contributed by atoms with van der Waals surface area (Å²) in [5.41, 5.74) is 11.5. The van der Waals surface area contributed by atoms with Crippen molar-refractivity contribution < 1.29 is 4.79 Å². The number of carbonyl (C=O) groups is 1. The van der Waals surface area contributed by atoms with Gasteiger partial charge >= 0.3 is 0 Å². The topological polar surface area (TPSA) is 85.2 Å². The zero-order valence-electron chi connectivity index (χ0n) is 11.3. The van der Waals surface area contributed by atoms with E-state index in [1.807, 2.05) is 6.92 Å². The summed E-state index contributed by atoms with van der Waals surface area (Å²) in [7, 11) is 0. The Kier molecular flexibility index (Phi) is 4.67. The van der Waals surface area contributed by atoms with Crippen molar-refractivity contribution >= 4 is 11.7 Å². The molecule has 0 aliphatic carbocycles. The molecule has 1 heterocycles. The molecule has 1 aromatic heterocycles. The van der Waals surface area contributed by atoms with Gasteiger partial charge in [0.2, 0.25) is 5.91 Å². The van der Waals surface area contributed by atoms with Crippen LogP contribution in [-0.2, 0) is 0 Å². The highest BCUT2D eigenvalue weighted by Crippen LogP contribution is 2.20.